The minimum absolute atomic E-state index is 0.678. The summed E-state index contributed by atoms with van der Waals surface area (Å²) in [4.78, 5) is 10.2. The molecular formula is C10H18N4S. The van der Waals surface area contributed by atoms with Crippen LogP contribution in [0.5, 0.6) is 0 Å². The van der Waals surface area contributed by atoms with Gasteiger partial charge >= 0.3 is 0 Å². The molecule has 0 aromatic carbocycles. The maximum atomic E-state index is 5.62. The fourth-order valence-electron chi connectivity index (χ4n) is 1.87. The van der Waals surface area contributed by atoms with E-state index in [-0.39, 0.29) is 0 Å². The summed E-state index contributed by atoms with van der Waals surface area (Å²) in [6.45, 7) is 5.70. The fourth-order valence-corrected chi connectivity index (χ4v) is 2.60. The maximum absolute atomic E-state index is 5.62. The van der Waals surface area contributed by atoms with Crippen LogP contribution in [-0.4, -0.2) is 48.0 Å². The molecule has 0 saturated carbocycles. The molecule has 15 heavy (non-hydrogen) atoms. The average Bonchev–Trinajstić information content (AvgIpc) is 2.48. The van der Waals surface area contributed by atoms with Gasteiger partial charge in [-0.05, 0) is 26.6 Å². The van der Waals surface area contributed by atoms with Crippen LogP contribution in [0.1, 0.15) is 11.3 Å². The SMILES string of the molecule is CN1CCCN(Cc2cnc(N)s2)CC1. The van der Waals surface area contributed by atoms with Crippen molar-refractivity contribution in [2.75, 3.05) is 39.0 Å². The van der Waals surface area contributed by atoms with E-state index >= 15 is 0 Å². The Morgan fingerprint density at radius 3 is 3.00 bits per heavy atom. The van der Waals surface area contributed by atoms with Gasteiger partial charge in [-0.25, -0.2) is 4.98 Å². The zero-order valence-corrected chi connectivity index (χ0v) is 9.96. The van der Waals surface area contributed by atoms with Crippen molar-refractivity contribution in [1.29, 1.82) is 0 Å². The predicted molar refractivity (Wildman–Crippen MR) is 63.9 cm³/mol. The molecule has 1 aliphatic rings. The van der Waals surface area contributed by atoms with Crippen LogP contribution in [0.4, 0.5) is 5.13 Å². The molecule has 2 rings (SSSR count). The number of nitrogen functional groups attached to an aromatic ring is 1. The quantitative estimate of drug-likeness (QED) is 0.812. The number of hydrogen-bond donors (Lipinski definition) is 1. The Bertz CT molecular complexity index is 312. The lowest BCUT2D eigenvalue weighted by Crippen LogP contribution is -2.28. The van der Waals surface area contributed by atoms with E-state index in [9.17, 15) is 0 Å². The van der Waals surface area contributed by atoms with Crippen molar-refractivity contribution in [2.24, 2.45) is 0 Å². The van der Waals surface area contributed by atoms with Gasteiger partial charge in [-0.3, -0.25) is 4.90 Å². The number of hydrogen-bond acceptors (Lipinski definition) is 5. The minimum atomic E-state index is 0.678. The Hall–Kier alpha value is -0.650. The normalized spacial score (nSPS) is 20.3. The first-order chi connectivity index (χ1) is 7.24. The fraction of sp³-hybridized carbons (Fsp3) is 0.700. The molecule has 2 N–H and O–H groups in total. The second-order valence-corrected chi connectivity index (χ2v) is 5.24. The summed E-state index contributed by atoms with van der Waals surface area (Å²) in [6.07, 6.45) is 3.15. The van der Waals surface area contributed by atoms with Crippen molar-refractivity contribution in [3.63, 3.8) is 0 Å². The van der Waals surface area contributed by atoms with Crippen LogP contribution < -0.4 is 5.73 Å². The first-order valence-electron chi connectivity index (χ1n) is 5.35. The maximum Gasteiger partial charge on any atom is 0.180 e. The van der Waals surface area contributed by atoms with Crippen LogP contribution in [0.15, 0.2) is 6.20 Å². The molecule has 1 fully saturated rings. The summed E-state index contributed by atoms with van der Waals surface area (Å²) in [6, 6.07) is 0. The highest BCUT2D eigenvalue weighted by Crippen LogP contribution is 2.17. The molecule has 1 saturated heterocycles. The second kappa shape index (κ2) is 4.92. The second-order valence-electron chi connectivity index (χ2n) is 4.10. The molecule has 0 bridgehead atoms. The van der Waals surface area contributed by atoms with Crippen molar-refractivity contribution in [2.45, 2.75) is 13.0 Å². The van der Waals surface area contributed by atoms with Crippen LogP contribution in [0.3, 0.4) is 0 Å². The van der Waals surface area contributed by atoms with Crippen molar-refractivity contribution < 1.29 is 0 Å². The van der Waals surface area contributed by atoms with Crippen molar-refractivity contribution in [3.05, 3.63) is 11.1 Å². The summed E-state index contributed by atoms with van der Waals surface area (Å²) in [5.74, 6) is 0. The molecule has 2 heterocycles. The molecule has 4 nitrogen and oxygen atoms in total. The van der Waals surface area contributed by atoms with Gasteiger partial charge in [0.15, 0.2) is 5.13 Å². The largest absolute Gasteiger partial charge is 0.375 e. The highest BCUT2D eigenvalue weighted by molar-refractivity contribution is 7.15. The Morgan fingerprint density at radius 1 is 1.40 bits per heavy atom. The number of rotatable bonds is 2. The summed E-state index contributed by atoms with van der Waals surface area (Å²) in [7, 11) is 2.19. The molecule has 1 aliphatic heterocycles. The lowest BCUT2D eigenvalue weighted by atomic mass is 10.4. The van der Waals surface area contributed by atoms with E-state index in [0.29, 0.717) is 5.13 Å². The Labute approximate surface area is 94.7 Å². The lowest BCUT2D eigenvalue weighted by Gasteiger charge is -2.18. The third kappa shape index (κ3) is 3.15. The van der Waals surface area contributed by atoms with E-state index < -0.39 is 0 Å². The van der Waals surface area contributed by atoms with E-state index in [0.717, 1.165) is 19.6 Å². The zero-order valence-electron chi connectivity index (χ0n) is 9.15. The van der Waals surface area contributed by atoms with Gasteiger partial charge in [-0.15, -0.1) is 11.3 Å². The Kier molecular flexibility index (Phi) is 3.56. The highest BCUT2D eigenvalue weighted by atomic mass is 32.1. The van der Waals surface area contributed by atoms with Gasteiger partial charge in [0.05, 0.1) is 0 Å². The molecule has 0 spiro atoms. The summed E-state index contributed by atoms with van der Waals surface area (Å²) < 4.78 is 0. The highest BCUT2D eigenvalue weighted by Gasteiger charge is 2.13. The van der Waals surface area contributed by atoms with Gasteiger partial charge in [0.1, 0.15) is 0 Å². The van der Waals surface area contributed by atoms with Crippen LogP contribution in [0, 0.1) is 0 Å². The van der Waals surface area contributed by atoms with E-state index in [1.807, 2.05) is 6.20 Å². The molecule has 0 amide bonds. The average molecular weight is 226 g/mol. The smallest absolute Gasteiger partial charge is 0.180 e. The van der Waals surface area contributed by atoms with Gasteiger partial charge < -0.3 is 10.6 Å². The summed E-state index contributed by atoms with van der Waals surface area (Å²) in [5, 5.41) is 0.678. The predicted octanol–water partition coefficient (Wildman–Crippen LogP) is 0.863. The van der Waals surface area contributed by atoms with E-state index in [2.05, 4.69) is 21.8 Å². The van der Waals surface area contributed by atoms with Gasteiger partial charge in [0.25, 0.3) is 0 Å². The molecule has 0 atom stereocenters. The molecule has 1 aromatic rings. The van der Waals surface area contributed by atoms with E-state index in [1.54, 1.807) is 11.3 Å². The first-order valence-corrected chi connectivity index (χ1v) is 6.17. The number of nitrogens with zero attached hydrogens (tertiary/aromatic N) is 3. The van der Waals surface area contributed by atoms with Crippen LogP contribution in [0.25, 0.3) is 0 Å². The molecule has 5 heteroatoms. The van der Waals surface area contributed by atoms with Gasteiger partial charge in [-0.1, -0.05) is 0 Å². The number of nitrogens with two attached hydrogens (primary N) is 1. The zero-order chi connectivity index (χ0) is 10.7. The molecule has 0 aliphatic carbocycles. The Morgan fingerprint density at radius 2 is 2.27 bits per heavy atom. The van der Waals surface area contributed by atoms with Gasteiger partial charge in [0.2, 0.25) is 0 Å². The molecular weight excluding hydrogens is 208 g/mol. The van der Waals surface area contributed by atoms with Gasteiger partial charge in [-0.2, -0.15) is 0 Å². The summed E-state index contributed by atoms with van der Waals surface area (Å²) >= 11 is 1.60. The standard InChI is InChI=1S/C10H18N4S/c1-13-3-2-4-14(6-5-13)8-9-7-12-10(11)15-9/h7H,2-6,8H2,1H3,(H2,11,12). The van der Waals surface area contributed by atoms with Crippen molar-refractivity contribution >= 4 is 16.5 Å². The monoisotopic (exact) mass is 226 g/mol. The molecule has 0 radical (unpaired) electrons. The number of likely N-dealkylation sites (N-methyl/N-ethyl adjacent to an activating group) is 1. The third-order valence-electron chi connectivity index (χ3n) is 2.76. The topological polar surface area (TPSA) is 45.4 Å². The molecule has 1 aromatic heterocycles. The van der Waals surface area contributed by atoms with Crippen LogP contribution >= 0.6 is 11.3 Å². The number of thiazole rings is 1. The molecule has 0 unspecified atom stereocenters. The van der Waals surface area contributed by atoms with E-state index in [4.69, 9.17) is 5.73 Å². The lowest BCUT2D eigenvalue weighted by molar-refractivity contribution is 0.271. The molecule has 84 valence electrons. The van der Waals surface area contributed by atoms with Crippen LogP contribution in [-0.2, 0) is 6.54 Å². The van der Waals surface area contributed by atoms with Crippen LogP contribution in [0.2, 0.25) is 0 Å². The summed E-state index contributed by atoms with van der Waals surface area (Å²) in [5.41, 5.74) is 5.62. The number of aromatic nitrogens is 1. The third-order valence-corrected chi connectivity index (χ3v) is 3.57. The van der Waals surface area contributed by atoms with Crippen molar-refractivity contribution in [3.8, 4) is 0 Å². The van der Waals surface area contributed by atoms with Crippen molar-refractivity contribution in [1.82, 2.24) is 14.8 Å². The van der Waals surface area contributed by atoms with E-state index in [1.165, 1.54) is 24.4 Å². The first kappa shape index (κ1) is 10.9. The Balaban J connectivity index is 1.88. The van der Waals surface area contributed by atoms with Gasteiger partial charge in [0, 0.05) is 30.7 Å². The number of anilines is 1. The minimum Gasteiger partial charge on any atom is -0.375 e.